The van der Waals surface area contributed by atoms with Gasteiger partial charge in [-0.25, -0.2) is 17.6 Å². The number of hydrogen-bond donors (Lipinski definition) is 0. The number of anilines is 1. The smallest absolute Gasteiger partial charge is 0.339 e. The lowest BCUT2D eigenvalue weighted by atomic mass is 10.2. The van der Waals surface area contributed by atoms with Gasteiger partial charge in [-0.3, -0.25) is 4.31 Å². The molecule has 25 heavy (non-hydrogen) atoms. The number of esters is 1. The molecule has 0 aliphatic carbocycles. The van der Waals surface area contributed by atoms with Crippen molar-refractivity contribution < 1.29 is 22.3 Å². The molecule has 0 aliphatic rings. The molecule has 8 heteroatoms. The molecule has 2 aromatic carbocycles. The fourth-order valence-corrected chi connectivity index (χ4v) is 3.75. The molecule has 132 valence electrons. The first-order valence-electron chi connectivity index (χ1n) is 7.08. The maximum Gasteiger partial charge on any atom is 0.339 e. The van der Waals surface area contributed by atoms with Gasteiger partial charge in [0, 0.05) is 0 Å². The Kier molecular flexibility index (Phi) is 5.81. The molecule has 0 bridgehead atoms. The summed E-state index contributed by atoms with van der Waals surface area (Å²) >= 11 is 5.97. The van der Waals surface area contributed by atoms with Crippen LogP contribution in [0.4, 0.5) is 10.1 Å². The third-order valence-corrected chi connectivity index (χ3v) is 5.48. The summed E-state index contributed by atoms with van der Waals surface area (Å²) in [6.45, 7) is 3.50. The maximum absolute atomic E-state index is 13.1. The molecule has 2 rings (SSSR count). The van der Waals surface area contributed by atoms with Gasteiger partial charge >= 0.3 is 5.97 Å². The van der Waals surface area contributed by atoms with Crippen molar-refractivity contribution in [2.45, 2.75) is 4.90 Å². The van der Waals surface area contributed by atoms with Crippen LogP contribution in [0.2, 0.25) is 5.02 Å². The number of carbonyl (C=O) groups is 1. The van der Waals surface area contributed by atoms with Gasteiger partial charge in [-0.1, -0.05) is 17.7 Å². The number of hydrogen-bond acceptors (Lipinski definition) is 4. The van der Waals surface area contributed by atoms with E-state index >= 15 is 0 Å². The Labute approximate surface area is 150 Å². The van der Waals surface area contributed by atoms with Crippen molar-refractivity contribution in [3.05, 3.63) is 71.5 Å². The van der Waals surface area contributed by atoms with Crippen molar-refractivity contribution in [1.29, 1.82) is 0 Å². The highest BCUT2D eigenvalue weighted by atomic mass is 35.5. The topological polar surface area (TPSA) is 63.7 Å². The van der Waals surface area contributed by atoms with Crippen LogP contribution in [-0.4, -0.2) is 28.0 Å². The Hall–Kier alpha value is -2.38. The van der Waals surface area contributed by atoms with Crippen molar-refractivity contribution in [3.63, 3.8) is 0 Å². The van der Waals surface area contributed by atoms with Crippen LogP contribution in [-0.2, 0) is 14.8 Å². The van der Waals surface area contributed by atoms with Crippen LogP contribution in [0.15, 0.2) is 60.0 Å². The maximum atomic E-state index is 13.1. The van der Waals surface area contributed by atoms with Crippen molar-refractivity contribution in [2.75, 3.05) is 18.0 Å². The molecule has 0 heterocycles. The molecule has 0 aliphatic heterocycles. The lowest BCUT2D eigenvalue weighted by Crippen LogP contribution is -2.31. The van der Waals surface area contributed by atoms with Gasteiger partial charge in [0.2, 0.25) is 0 Å². The number of nitrogens with zero attached hydrogens (tertiary/aromatic N) is 1. The van der Waals surface area contributed by atoms with Gasteiger partial charge in [0.05, 0.1) is 34.8 Å². The van der Waals surface area contributed by atoms with E-state index < -0.39 is 21.8 Å². The van der Waals surface area contributed by atoms with Crippen molar-refractivity contribution >= 4 is 33.3 Å². The SMILES string of the molecule is C=CCN(c1ccc(Cl)c(C(=O)OC)c1)S(=O)(=O)c1ccc(F)cc1. The number of benzene rings is 2. The number of ether oxygens (including phenoxy) is 1. The predicted molar refractivity (Wildman–Crippen MR) is 93.9 cm³/mol. The summed E-state index contributed by atoms with van der Waals surface area (Å²) in [5.41, 5.74) is 0.235. The molecule has 0 fully saturated rings. The van der Waals surface area contributed by atoms with Gasteiger partial charge in [-0.05, 0) is 42.5 Å². The molecule has 0 radical (unpaired) electrons. The van der Waals surface area contributed by atoms with Crippen molar-refractivity contribution in [3.8, 4) is 0 Å². The van der Waals surface area contributed by atoms with E-state index in [0.29, 0.717) is 0 Å². The molecular weight excluding hydrogens is 369 g/mol. The third-order valence-electron chi connectivity index (χ3n) is 3.34. The van der Waals surface area contributed by atoms with Gasteiger partial charge in [-0.2, -0.15) is 0 Å². The second kappa shape index (κ2) is 7.67. The van der Waals surface area contributed by atoms with Crippen molar-refractivity contribution in [1.82, 2.24) is 0 Å². The van der Waals surface area contributed by atoms with Gasteiger partial charge in [0.15, 0.2) is 0 Å². The average molecular weight is 384 g/mol. The number of carbonyl (C=O) groups excluding carboxylic acids is 1. The molecule has 0 N–H and O–H groups in total. The summed E-state index contributed by atoms with van der Waals surface area (Å²) in [7, 11) is -2.80. The lowest BCUT2D eigenvalue weighted by molar-refractivity contribution is 0.0601. The Morgan fingerprint density at radius 2 is 1.92 bits per heavy atom. The fraction of sp³-hybridized carbons (Fsp3) is 0.118. The first-order chi connectivity index (χ1) is 11.8. The predicted octanol–water partition coefficient (Wildman–Crippen LogP) is 3.65. The second-order valence-electron chi connectivity index (χ2n) is 4.93. The van der Waals surface area contributed by atoms with Gasteiger partial charge in [-0.15, -0.1) is 6.58 Å². The van der Waals surface area contributed by atoms with Gasteiger partial charge in [0.1, 0.15) is 5.82 Å². The molecule has 2 aromatic rings. The minimum atomic E-state index is -3.99. The van der Waals surface area contributed by atoms with E-state index in [1.54, 1.807) is 0 Å². The number of halogens is 2. The summed E-state index contributed by atoms with van der Waals surface area (Å²) in [6, 6.07) is 8.62. The van der Waals surface area contributed by atoms with E-state index in [9.17, 15) is 17.6 Å². The minimum Gasteiger partial charge on any atom is -0.465 e. The lowest BCUT2D eigenvalue weighted by Gasteiger charge is -2.23. The van der Waals surface area contributed by atoms with Crippen molar-refractivity contribution in [2.24, 2.45) is 0 Å². The summed E-state index contributed by atoms with van der Waals surface area (Å²) in [6.07, 6.45) is 1.40. The third kappa shape index (κ3) is 4.00. The van der Waals surface area contributed by atoms with E-state index in [-0.39, 0.29) is 27.7 Å². The zero-order chi connectivity index (χ0) is 18.6. The molecule has 0 spiro atoms. The summed E-state index contributed by atoms with van der Waals surface area (Å²) < 4.78 is 44.5. The first-order valence-corrected chi connectivity index (χ1v) is 8.90. The largest absolute Gasteiger partial charge is 0.465 e. The van der Waals surface area contributed by atoms with Crippen LogP contribution in [0.5, 0.6) is 0 Å². The normalized spacial score (nSPS) is 11.0. The van der Waals surface area contributed by atoms with E-state index in [1.165, 1.54) is 31.4 Å². The Morgan fingerprint density at radius 3 is 2.48 bits per heavy atom. The Morgan fingerprint density at radius 1 is 1.28 bits per heavy atom. The molecule has 0 unspecified atom stereocenters. The van der Waals surface area contributed by atoms with E-state index in [1.807, 2.05) is 0 Å². The fourth-order valence-electron chi connectivity index (χ4n) is 2.13. The van der Waals surface area contributed by atoms with Gasteiger partial charge in [0.25, 0.3) is 10.0 Å². The number of sulfonamides is 1. The highest BCUT2D eigenvalue weighted by molar-refractivity contribution is 7.92. The summed E-state index contributed by atoms with van der Waals surface area (Å²) in [5, 5.41) is 0.133. The van der Waals surface area contributed by atoms with E-state index in [0.717, 1.165) is 28.6 Å². The molecular formula is C17H15ClFNO4S. The van der Waals surface area contributed by atoms with Crippen LogP contribution in [0.1, 0.15) is 10.4 Å². The monoisotopic (exact) mass is 383 g/mol. The summed E-state index contributed by atoms with van der Waals surface area (Å²) in [5.74, 6) is -1.24. The van der Waals surface area contributed by atoms with Crippen LogP contribution >= 0.6 is 11.6 Å². The molecule has 0 aromatic heterocycles. The van der Waals surface area contributed by atoms with E-state index in [2.05, 4.69) is 11.3 Å². The van der Waals surface area contributed by atoms with E-state index in [4.69, 9.17) is 11.6 Å². The molecule has 5 nitrogen and oxygen atoms in total. The number of rotatable bonds is 6. The molecule has 0 saturated heterocycles. The van der Waals surface area contributed by atoms with Gasteiger partial charge < -0.3 is 4.74 Å². The highest BCUT2D eigenvalue weighted by Gasteiger charge is 2.25. The molecule has 0 atom stereocenters. The first kappa shape index (κ1) is 19.0. The second-order valence-corrected chi connectivity index (χ2v) is 7.20. The van der Waals surface area contributed by atoms with Crippen LogP contribution in [0.25, 0.3) is 0 Å². The zero-order valence-electron chi connectivity index (χ0n) is 13.3. The molecule has 0 saturated carbocycles. The summed E-state index contributed by atoms with van der Waals surface area (Å²) in [4.78, 5) is 11.7. The standard InChI is InChI=1S/C17H15ClFNO4S/c1-3-10-20(25(22,23)14-7-4-12(19)5-8-14)13-6-9-16(18)15(11-13)17(21)24-2/h3-9,11H,1,10H2,2H3. The Balaban J connectivity index is 2.56. The van der Waals surface area contributed by atoms with Crippen LogP contribution in [0.3, 0.4) is 0 Å². The van der Waals surface area contributed by atoms with Crippen LogP contribution in [0, 0.1) is 5.82 Å². The average Bonchev–Trinajstić information content (AvgIpc) is 2.60. The minimum absolute atomic E-state index is 0.0324. The molecule has 0 amide bonds. The highest BCUT2D eigenvalue weighted by Crippen LogP contribution is 2.28. The zero-order valence-corrected chi connectivity index (χ0v) is 14.8. The number of methoxy groups -OCH3 is 1. The Bertz CT molecular complexity index is 897. The quantitative estimate of drug-likeness (QED) is 0.564. The van der Waals surface area contributed by atoms with Crippen LogP contribution < -0.4 is 4.31 Å².